The topological polar surface area (TPSA) is 92.7 Å². The van der Waals surface area contributed by atoms with E-state index in [9.17, 15) is 13.2 Å². The molecule has 0 aromatic carbocycles. The maximum atomic E-state index is 10.2. The molecule has 0 aliphatic rings. The monoisotopic (exact) mass is 237 g/mol. The van der Waals surface area contributed by atoms with Gasteiger partial charge >= 0.3 is 5.97 Å². The third-order valence-corrected chi connectivity index (χ3v) is 1.66. The number of alkyl halides is 2. The van der Waals surface area contributed by atoms with Gasteiger partial charge in [-0.1, -0.05) is 23.2 Å². The van der Waals surface area contributed by atoms with Gasteiger partial charge in [-0.25, -0.2) is 13.2 Å². The van der Waals surface area contributed by atoms with E-state index in [0.717, 1.165) is 0 Å². The molecule has 0 unspecified atom stereocenters. The standard InChI is InChI=1S/C3H5Cl2NO5S/c4-3(5,2(7)8)6-1-11-12(9)10/h6,12H,1H2,(H,7,8). The first-order valence-corrected chi connectivity index (χ1v) is 4.35. The van der Waals surface area contributed by atoms with E-state index in [1.807, 2.05) is 5.32 Å². The predicted molar refractivity (Wildman–Crippen MR) is 41.5 cm³/mol. The van der Waals surface area contributed by atoms with Gasteiger partial charge in [0.2, 0.25) is 0 Å². The number of carbonyl (C=O) groups is 1. The van der Waals surface area contributed by atoms with Crippen LogP contribution in [0.1, 0.15) is 0 Å². The summed E-state index contributed by atoms with van der Waals surface area (Å²) in [5, 5.41) is 10.2. The summed E-state index contributed by atoms with van der Waals surface area (Å²) in [5.74, 6) is -1.55. The summed E-state index contributed by atoms with van der Waals surface area (Å²) >= 11 is 10.3. The van der Waals surface area contributed by atoms with Gasteiger partial charge in [0.25, 0.3) is 15.4 Å². The van der Waals surface area contributed by atoms with Crippen LogP contribution in [-0.4, -0.2) is 30.7 Å². The Morgan fingerprint density at radius 3 is 2.42 bits per heavy atom. The van der Waals surface area contributed by atoms with E-state index in [2.05, 4.69) is 4.18 Å². The molecule has 0 spiro atoms. The van der Waals surface area contributed by atoms with Gasteiger partial charge in [0, 0.05) is 0 Å². The van der Waals surface area contributed by atoms with Gasteiger partial charge in [0.15, 0.2) is 0 Å². The summed E-state index contributed by atoms with van der Waals surface area (Å²) in [4.78, 5) is 10.2. The molecular weight excluding hydrogens is 233 g/mol. The molecule has 2 N–H and O–H groups in total. The summed E-state index contributed by atoms with van der Waals surface area (Å²) in [6.45, 7) is -0.599. The number of halogens is 2. The first-order chi connectivity index (χ1) is 5.36. The van der Waals surface area contributed by atoms with Crippen molar-refractivity contribution < 1.29 is 22.5 Å². The van der Waals surface area contributed by atoms with Crippen molar-refractivity contribution in [2.24, 2.45) is 0 Å². The van der Waals surface area contributed by atoms with Crippen molar-refractivity contribution >= 4 is 40.2 Å². The fraction of sp³-hybridized carbons (Fsp3) is 0.667. The second kappa shape index (κ2) is 4.83. The SMILES string of the molecule is O=C(O)C(Cl)(Cl)NCO[SH](=O)=O. The molecule has 0 fully saturated rings. The molecule has 0 atom stereocenters. The van der Waals surface area contributed by atoms with Crippen LogP contribution in [-0.2, 0) is 20.0 Å². The molecule has 9 heteroatoms. The zero-order valence-corrected chi connectivity index (χ0v) is 7.90. The lowest BCUT2D eigenvalue weighted by atomic mass is 10.6. The minimum atomic E-state index is -3.05. The molecule has 6 nitrogen and oxygen atoms in total. The zero-order valence-electron chi connectivity index (χ0n) is 5.49. The van der Waals surface area contributed by atoms with Gasteiger partial charge in [-0.2, -0.15) is 0 Å². The number of carboxylic acid groups (broad SMARTS) is 1. The maximum Gasteiger partial charge on any atom is 0.355 e. The molecule has 0 radical (unpaired) electrons. The number of hydrogen-bond donors (Lipinski definition) is 3. The van der Waals surface area contributed by atoms with Crippen LogP contribution in [0.5, 0.6) is 0 Å². The fourth-order valence-electron chi connectivity index (χ4n) is 0.251. The predicted octanol–water partition coefficient (Wildman–Crippen LogP) is -0.708. The van der Waals surface area contributed by atoms with Crippen molar-refractivity contribution in [1.82, 2.24) is 5.32 Å². The highest BCUT2D eigenvalue weighted by molar-refractivity contribution is 7.67. The first-order valence-electron chi connectivity index (χ1n) is 2.50. The van der Waals surface area contributed by atoms with Crippen LogP contribution in [0, 0.1) is 0 Å². The molecule has 0 saturated heterocycles. The average molecular weight is 238 g/mol. The van der Waals surface area contributed by atoms with Crippen molar-refractivity contribution in [3.63, 3.8) is 0 Å². The highest BCUT2D eigenvalue weighted by atomic mass is 35.5. The molecule has 72 valence electrons. The van der Waals surface area contributed by atoms with Crippen molar-refractivity contribution in [2.45, 2.75) is 4.46 Å². The van der Waals surface area contributed by atoms with E-state index >= 15 is 0 Å². The molecule has 0 aromatic heterocycles. The molecule has 0 saturated carbocycles. The van der Waals surface area contributed by atoms with Gasteiger partial charge in [0.05, 0.1) is 0 Å². The smallest absolute Gasteiger partial charge is 0.355 e. The van der Waals surface area contributed by atoms with Crippen LogP contribution in [0.25, 0.3) is 0 Å². The van der Waals surface area contributed by atoms with Crippen molar-refractivity contribution in [2.75, 3.05) is 6.73 Å². The normalized spacial score (nSPS) is 11.9. The van der Waals surface area contributed by atoms with Crippen LogP contribution in [0.4, 0.5) is 0 Å². The Hall–Kier alpha value is -0.0800. The number of nitrogens with one attached hydrogen (secondary N) is 1. The molecular formula is C3H5Cl2NO5S. The molecule has 12 heavy (non-hydrogen) atoms. The highest BCUT2D eigenvalue weighted by Crippen LogP contribution is 2.16. The Balaban J connectivity index is 3.84. The van der Waals surface area contributed by atoms with E-state index in [-0.39, 0.29) is 0 Å². The van der Waals surface area contributed by atoms with Gasteiger partial charge in [0.1, 0.15) is 6.73 Å². The summed E-state index contributed by atoms with van der Waals surface area (Å²) in [6.07, 6.45) is 0. The Morgan fingerprint density at radius 2 is 2.08 bits per heavy atom. The van der Waals surface area contributed by atoms with E-state index in [1.165, 1.54) is 0 Å². The van der Waals surface area contributed by atoms with Gasteiger partial charge < -0.3 is 5.11 Å². The molecule has 0 aromatic rings. The Labute approximate surface area is 79.6 Å². The minimum absolute atomic E-state index is 0.599. The summed E-state index contributed by atoms with van der Waals surface area (Å²) < 4.78 is 21.3. The van der Waals surface area contributed by atoms with Gasteiger partial charge in [-0.05, 0) is 0 Å². The maximum absolute atomic E-state index is 10.2. The zero-order chi connectivity index (χ0) is 9.78. The van der Waals surface area contributed by atoms with E-state index in [4.69, 9.17) is 28.3 Å². The number of carboxylic acids is 1. The lowest BCUT2D eigenvalue weighted by Crippen LogP contribution is -2.42. The molecule has 0 aliphatic carbocycles. The summed E-state index contributed by atoms with van der Waals surface area (Å²) in [5.41, 5.74) is 0. The van der Waals surface area contributed by atoms with E-state index in [1.54, 1.807) is 0 Å². The van der Waals surface area contributed by atoms with Crippen LogP contribution >= 0.6 is 23.2 Å². The van der Waals surface area contributed by atoms with Crippen LogP contribution in [0.15, 0.2) is 0 Å². The van der Waals surface area contributed by atoms with Crippen molar-refractivity contribution in [3.8, 4) is 0 Å². The molecule has 0 amide bonds. The lowest BCUT2D eigenvalue weighted by molar-refractivity contribution is -0.138. The summed E-state index contributed by atoms with van der Waals surface area (Å²) in [7, 11) is -3.05. The molecule has 0 bridgehead atoms. The largest absolute Gasteiger partial charge is 0.478 e. The van der Waals surface area contributed by atoms with Gasteiger partial charge in [-0.3, -0.25) is 9.50 Å². The Morgan fingerprint density at radius 1 is 1.58 bits per heavy atom. The van der Waals surface area contributed by atoms with Crippen LogP contribution < -0.4 is 5.32 Å². The number of aliphatic carboxylic acids is 1. The van der Waals surface area contributed by atoms with Crippen LogP contribution in [0.2, 0.25) is 0 Å². The number of thiol groups is 1. The van der Waals surface area contributed by atoms with Crippen molar-refractivity contribution in [3.05, 3.63) is 0 Å². The minimum Gasteiger partial charge on any atom is -0.478 e. The number of hydrogen-bond acceptors (Lipinski definition) is 5. The van der Waals surface area contributed by atoms with E-state index < -0.39 is 28.1 Å². The first kappa shape index (κ1) is 11.9. The molecule has 0 rings (SSSR count). The van der Waals surface area contributed by atoms with Crippen LogP contribution in [0.3, 0.4) is 0 Å². The Kier molecular flexibility index (Phi) is 4.80. The average Bonchev–Trinajstić information content (AvgIpc) is 1.85. The fourth-order valence-corrected chi connectivity index (χ4v) is 0.530. The third kappa shape index (κ3) is 4.73. The Bertz CT molecular complexity index is 231. The molecule has 0 aliphatic heterocycles. The third-order valence-electron chi connectivity index (χ3n) is 0.733. The van der Waals surface area contributed by atoms with Gasteiger partial charge in [-0.15, -0.1) is 0 Å². The molecule has 0 heterocycles. The van der Waals surface area contributed by atoms with Crippen molar-refractivity contribution in [1.29, 1.82) is 0 Å². The second-order valence-corrected chi connectivity index (χ2v) is 3.59. The highest BCUT2D eigenvalue weighted by Gasteiger charge is 2.32. The second-order valence-electron chi connectivity index (χ2n) is 1.55. The summed E-state index contributed by atoms with van der Waals surface area (Å²) in [6, 6.07) is 0. The number of rotatable bonds is 5. The van der Waals surface area contributed by atoms with E-state index in [0.29, 0.717) is 0 Å². The quantitative estimate of drug-likeness (QED) is 0.253. The lowest BCUT2D eigenvalue weighted by Gasteiger charge is -2.13.